The Morgan fingerprint density at radius 3 is 1.15 bits per heavy atom. The highest BCUT2D eigenvalue weighted by atomic mass is 19.4. The molecule has 0 unspecified atom stereocenters. The van der Waals surface area contributed by atoms with Crippen LogP contribution in [-0.4, -0.2) is 23.2 Å². The molecule has 0 aromatic rings. The number of fused-ring (bicyclic) bond motifs is 1. The summed E-state index contributed by atoms with van der Waals surface area (Å²) in [5.41, 5.74) is 2.85. The zero-order valence-electron chi connectivity index (χ0n) is 6.42. The maximum Gasteiger partial charge on any atom is 0.573 e. The van der Waals surface area contributed by atoms with Crippen molar-refractivity contribution in [3.05, 3.63) is 24.3 Å². The monoisotopic (exact) mass is 190 g/mol. The summed E-state index contributed by atoms with van der Waals surface area (Å²) >= 11 is 0. The maximum atomic E-state index is 10.7. The summed E-state index contributed by atoms with van der Waals surface area (Å²) in [6.07, 6.45) is -4.89. The van der Waals surface area contributed by atoms with E-state index in [1.807, 2.05) is 0 Å². The van der Waals surface area contributed by atoms with Crippen LogP contribution in [-0.2, 0) is 0 Å². The van der Waals surface area contributed by atoms with E-state index in [4.69, 9.17) is 10.0 Å². The molecule has 0 aromatic carbocycles. The van der Waals surface area contributed by atoms with Crippen molar-refractivity contribution in [2.45, 2.75) is 6.08 Å². The molecule has 0 atom stereocenters. The van der Waals surface area contributed by atoms with Crippen molar-refractivity contribution in [3.8, 4) is 11.1 Å². The number of alkyl halides is 3. The van der Waals surface area contributed by atoms with Gasteiger partial charge in [0.2, 0.25) is 0 Å². The predicted octanol–water partition coefficient (Wildman–Crippen LogP) is 1.23. The van der Waals surface area contributed by atoms with Crippen molar-refractivity contribution in [1.82, 2.24) is 0 Å². The third kappa shape index (κ3) is 2.47. The van der Waals surface area contributed by atoms with Gasteiger partial charge < -0.3 is 10.0 Å². The fraction of sp³-hybridized carbons (Fsp3) is 0.143. The third-order valence-electron chi connectivity index (χ3n) is 1.51. The van der Waals surface area contributed by atoms with Gasteiger partial charge in [-0.2, -0.15) is 13.2 Å². The summed E-state index contributed by atoms with van der Waals surface area (Å²) in [6.45, 7) is 0. The van der Waals surface area contributed by atoms with Crippen molar-refractivity contribution >= 4 is 7.12 Å². The molecule has 2 rings (SSSR count). The van der Waals surface area contributed by atoms with Gasteiger partial charge in [-0.1, -0.05) is 24.3 Å². The zero-order chi connectivity index (χ0) is 10.1. The van der Waals surface area contributed by atoms with Crippen molar-refractivity contribution in [1.29, 1.82) is 0 Å². The Bertz CT molecular complexity index is 260. The third-order valence-corrected chi connectivity index (χ3v) is 1.51. The number of halogens is 3. The number of hydrogen-bond donors (Lipinski definition) is 2. The molecule has 2 aliphatic carbocycles. The molecule has 0 bridgehead atoms. The molecule has 70 valence electrons. The molecule has 2 N–H and O–H groups in total. The summed E-state index contributed by atoms with van der Waals surface area (Å²) in [5, 5.41) is 14.6. The molecule has 0 aliphatic heterocycles. The Morgan fingerprint density at radius 2 is 1.15 bits per heavy atom. The van der Waals surface area contributed by atoms with Crippen molar-refractivity contribution < 1.29 is 23.2 Å². The van der Waals surface area contributed by atoms with Gasteiger partial charge in [-0.05, 0) is 11.1 Å². The summed E-state index contributed by atoms with van der Waals surface area (Å²) in [7, 11) is -3.20. The average Bonchev–Trinajstić information content (AvgIpc) is 1.96. The summed E-state index contributed by atoms with van der Waals surface area (Å²) in [4.78, 5) is 0. The summed E-state index contributed by atoms with van der Waals surface area (Å²) in [6, 6.07) is 8.48. The quantitative estimate of drug-likeness (QED) is 0.613. The van der Waals surface area contributed by atoms with Gasteiger partial charge in [0, 0.05) is 0 Å². The van der Waals surface area contributed by atoms with Crippen LogP contribution in [0.1, 0.15) is 0 Å². The smallest absolute Gasteiger partial charge is 0.421 e. The minimum absolute atomic E-state index is 1.43. The summed E-state index contributed by atoms with van der Waals surface area (Å²) < 4.78 is 32.0. The van der Waals surface area contributed by atoms with E-state index in [1.54, 1.807) is 0 Å². The molecule has 6 heteroatoms. The van der Waals surface area contributed by atoms with E-state index < -0.39 is 13.2 Å². The lowest BCUT2D eigenvalue weighted by molar-refractivity contribution is -0.0760. The average molecular weight is 190 g/mol. The Hall–Kier alpha value is -1.01. The van der Waals surface area contributed by atoms with Gasteiger partial charge in [0.25, 0.3) is 0 Å². The number of benzene rings is 1. The fourth-order valence-electron chi connectivity index (χ4n) is 0.663. The lowest BCUT2D eigenvalue weighted by atomic mass is 9.92. The molecule has 0 spiro atoms. The van der Waals surface area contributed by atoms with Crippen LogP contribution in [0.2, 0.25) is 0 Å². The highest BCUT2D eigenvalue weighted by Gasteiger charge is 2.43. The molecule has 0 amide bonds. The van der Waals surface area contributed by atoms with Gasteiger partial charge in [0.1, 0.15) is 0 Å². The number of hydrogen-bond acceptors (Lipinski definition) is 2. The molecular weight excluding hydrogens is 184 g/mol. The fourth-order valence-corrected chi connectivity index (χ4v) is 0.663. The van der Waals surface area contributed by atoms with Gasteiger partial charge in [-0.25, -0.2) is 0 Å². The van der Waals surface area contributed by atoms with Crippen LogP contribution in [0, 0.1) is 0 Å². The Labute approximate surface area is 72.8 Å². The van der Waals surface area contributed by atoms with E-state index in [-0.39, 0.29) is 0 Å². The molecule has 0 saturated carbocycles. The first-order valence-corrected chi connectivity index (χ1v) is 3.44. The van der Waals surface area contributed by atoms with E-state index in [0.717, 1.165) is 0 Å². The first kappa shape index (κ1) is 10.1. The molecule has 13 heavy (non-hydrogen) atoms. The van der Waals surface area contributed by atoms with Crippen LogP contribution in [0.15, 0.2) is 24.3 Å². The minimum atomic E-state index is -4.89. The first-order chi connectivity index (χ1) is 5.91. The van der Waals surface area contributed by atoms with E-state index in [1.165, 1.54) is 11.1 Å². The standard InChI is InChI=1S/C6H4.CH2BF3O2/c1-2-6-4-3-5(1)6;3-1(4,5)2(6)7/h1-4H;6-7H. The Balaban J connectivity index is 0.000000130. The Morgan fingerprint density at radius 1 is 0.923 bits per heavy atom. The second-order valence-corrected chi connectivity index (χ2v) is 2.49. The van der Waals surface area contributed by atoms with E-state index >= 15 is 0 Å². The van der Waals surface area contributed by atoms with Crippen LogP contribution >= 0.6 is 0 Å². The summed E-state index contributed by atoms with van der Waals surface area (Å²) in [5.74, 6) is 0. The molecule has 0 radical (unpaired) electrons. The molecule has 0 aromatic heterocycles. The highest BCUT2D eigenvalue weighted by Crippen LogP contribution is 2.29. The van der Waals surface area contributed by atoms with E-state index in [2.05, 4.69) is 24.3 Å². The van der Waals surface area contributed by atoms with Gasteiger partial charge in [0.15, 0.2) is 0 Å². The predicted molar refractivity (Wildman–Crippen MR) is 41.7 cm³/mol. The van der Waals surface area contributed by atoms with Crippen LogP contribution in [0.3, 0.4) is 0 Å². The van der Waals surface area contributed by atoms with Crippen LogP contribution in [0.5, 0.6) is 0 Å². The molecule has 0 fully saturated rings. The topological polar surface area (TPSA) is 40.5 Å². The molecule has 0 saturated heterocycles. The van der Waals surface area contributed by atoms with Crippen LogP contribution in [0.25, 0.3) is 11.1 Å². The Kier molecular flexibility index (Phi) is 2.63. The second kappa shape index (κ2) is 3.39. The lowest BCUT2D eigenvalue weighted by Crippen LogP contribution is -2.33. The molecular formula is C7H6BF3O2. The van der Waals surface area contributed by atoms with E-state index in [9.17, 15) is 13.2 Å². The van der Waals surface area contributed by atoms with Crippen molar-refractivity contribution in [2.24, 2.45) is 0 Å². The SMILES string of the molecule is OB(O)C(F)(F)F.c1cc2ccc1-2. The second-order valence-electron chi connectivity index (χ2n) is 2.49. The first-order valence-electron chi connectivity index (χ1n) is 3.44. The lowest BCUT2D eigenvalue weighted by Gasteiger charge is -2.10. The molecule has 0 heterocycles. The normalized spacial score (nSPS) is 11.5. The van der Waals surface area contributed by atoms with Gasteiger partial charge >= 0.3 is 13.2 Å². The molecule has 2 nitrogen and oxygen atoms in total. The largest absolute Gasteiger partial charge is 0.573 e. The minimum Gasteiger partial charge on any atom is -0.421 e. The maximum absolute atomic E-state index is 10.7. The van der Waals surface area contributed by atoms with Crippen LogP contribution in [0.4, 0.5) is 13.2 Å². The molecule has 2 aliphatic rings. The van der Waals surface area contributed by atoms with Crippen molar-refractivity contribution in [2.75, 3.05) is 0 Å². The van der Waals surface area contributed by atoms with E-state index in [0.29, 0.717) is 0 Å². The van der Waals surface area contributed by atoms with Gasteiger partial charge in [-0.3, -0.25) is 0 Å². The van der Waals surface area contributed by atoms with Crippen LogP contribution < -0.4 is 0 Å². The highest BCUT2D eigenvalue weighted by molar-refractivity contribution is 6.43. The van der Waals surface area contributed by atoms with Crippen molar-refractivity contribution in [3.63, 3.8) is 0 Å². The number of rotatable bonds is 0. The zero-order valence-corrected chi connectivity index (χ0v) is 6.42. The van der Waals surface area contributed by atoms with Gasteiger partial charge in [0.05, 0.1) is 0 Å². The van der Waals surface area contributed by atoms with Gasteiger partial charge in [-0.15, -0.1) is 0 Å².